The minimum atomic E-state index is 0.260. The third-order valence-electron chi connectivity index (χ3n) is 4.89. The fraction of sp³-hybridized carbons (Fsp3) is 0.882. The summed E-state index contributed by atoms with van der Waals surface area (Å²) in [6.45, 7) is 12.6. The van der Waals surface area contributed by atoms with Gasteiger partial charge in [0, 0.05) is 17.8 Å². The molecule has 3 nitrogen and oxygen atoms in total. The molecular formula is C17H30BrN3. The Balaban J connectivity index is 2.08. The summed E-state index contributed by atoms with van der Waals surface area (Å²) in [7, 11) is 0. The zero-order chi connectivity index (χ0) is 15.6. The van der Waals surface area contributed by atoms with E-state index in [0.29, 0.717) is 10.7 Å². The average molecular weight is 356 g/mol. The Hall–Kier alpha value is -0.380. The molecule has 0 saturated heterocycles. The van der Waals surface area contributed by atoms with Crippen LogP contribution in [0.2, 0.25) is 0 Å². The van der Waals surface area contributed by atoms with Crippen LogP contribution in [0.25, 0.3) is 0 Å². The molecule has 1 aromatic rings. The monoisotopic (exact) mass is 355 g/mol. The first-order valence-corrected chi connectivity index (χ1v) is 9.22. The van der Waals surface area contributed by atoms with Crippen LogP contribution in [0.4, 0.5) is 0 Å². The number of alkyl halides is 1. The molecule has 2 rings (SSSR count). The molecule has 0 aromatic carbocycles. The number of hydrogen-bond donors (Lipinski definition) is 0. The van der Waals surface area contributed by atoms with Gasteiger partial charge in [0.1, 0.15) is 12.2 Å². The van der Waals surface area contributed by atoms with Gasteiger partial charge >= 0.3 is 0 Å². The fourth-order valence-electron chi connectivity index (χ4n) is 3.65. The van der Waals surface area contributed by atoms with Crippen LogP contribution in [0.15, 0.2) is 6.33 Å². The van der Waals surface area contributed by atoms with E-state index in [0.717, 1.165) is 30.6 Å². The fourth-order valence-corrected chi connectivity index (χ4v) is 5.27. The lowest BCUT2D eigenvalue weighted by Gasteiger charge is -2.42. The van der Waals surface area contributed by atoms with Crippen molar-refractivity contribution in [2.75, 3.05) is 0 Å². The minimum absolute atomic E-state index is 0.260. The summed E-state index contributed by atoms with van der Waals surface area (Å²) in [5, 5.41) is 4.41. The Labute approximate surface area is 138 Å². The third-order valence-corrected chi connectivity index (χ3v) is 5.90. The molecule has 4 heteroatoms. The molecule has 1 saturated carbocycles. The highest BCUT2D eigenvalue weighted by Gasteiger charge is 2.38. The zero-order valence-electron chi connectivity index (χ0n) is 14.1. The smallest absolute Gasteiger partial charge is 0.138 e. The minimum Gasteiger partial charge on any atom is -0.250 e. The van der Waals surface area contributed by atoms with Crippen molar-refractivity contribution in [1.82, 2.24) is 14.8 Å². The molecule has 0 amide bonds. The van der Waals surface area contributed by atoms with Crippen molar-refractivity contribution >= 4 is 15.9 Å². The Morgan fingerprint density at radius 1 is 1.38 bits per heavy atom. The molecule has 1 heterocycles. The number of nitrogens with zero attached hydrogens (tertiary/aromatic N) is 3. The van der Waals surface area contributed by atoms with Gasteiger partial charge in [-0.05, 0) is 36.0 Å². The third kappa shape index (κ3) is 4.30. The van der Waals surface area contributed by atoms with Gasteiger partial charge in [-0.25, -0.2) is 9.67 Å². The maximum atomic E-state index is 4.53. The van der Waals surface area contributed by atoms with E-state index in [9.17, 15) is 0 Å². The second-order valence-electron chi connectivity index (χ2n) is 7.96. The summed E-state index contributed by atoms with van der Waals surface area (Å²) in [6.07, 6.45) is 6.70. The van der Waals surface area contributed by atoms with E-state index in [1.54, 1.807) is 6.33 Å². The number of rotatable bonds is 5. The normalized spacial score (nSPS) is 27.3. The van der Waals surface area contributed by atoms with Crippen molar-refractivity contribution in [3.05, 3.63) is 12.2 Å². The highest BCUT2D eigenvalue weighted by Crippen LogP contribution is 2.44. The van der Waals surface area contributed by atoms with Gasteiger partial charge in [0.25, 0.3) is 0 Å². The average Bonchev–Trinajstić information content (AvgIpc) is 2.74. The van der Waals surface area contributed by atoms with Crippen molar-refractivity contribution in [1.29, 1.82) is 0 Å². The molecule has 0 N–H and O–H groups in total. The lowest BCUT2D eigenvalue weighted by Crippen LogP contribution is -2.37. The van der Waals surface area contributed by atoms with Crippen LogP contribution < -0.4 is 0 Å². The lowest BCUT2D eigenvalue weighted by atomic mass is 9.67. The van der Waals surface area contributed by atoms with E-state index >= 15 is 0 Å². The number of halogens is 1. The highest BCUT2D eigenvalue weighted by molar-refractivity contribution is 9.09. The summed E-state index contributed by atoms with van der Waals surface area (Å²) in [4.78, 5) is 5.16. The molecule has 0 spiro atoms. The van der Waals surface area contributed by atoms with E-state index in [1.165, 1.54) is 19.3 Å². The predicted octanol–water partition coefficient (Wildman–Crippen LogP) is 4.70. The second-order valence-corrected chi connectivity index (χ2v) is 9.13. The molecule has 0 aliphatic heterocycles. The largest absolute Gasteiger partial charge is 0.250 e. The van der Waals surface area contributed by atoms with Crippen LogP contribution in [0.3, 0.4) is 0 Å². The van der Waals surface area contributed by atoms with Gasteiger partial charge in [-0.15, -0.1) is 0 Å². The Morgan fingerprint density at radius 3 is 2.71 bits per heavy atom. The predicted molar refractivity (Wildman–Crippen MR) is 91.6 cm³/mol. The summed E-state index contributed by atoms with van der Waals surface area (Å²) >= 11 is 3.95. The molecule has 1 fully saturated rings. The molecule has 120 valence electrons. The quantitative estimate of drug-likeness (QED) is 0.716. The first-order valence-electron chi connectivity index (χ1n) is 8.30. The SMILES string of the molecule is CC(C)Cn1ncnc1CC(C)(C)C1CCC(C)CC1Br. The number of hydrogen-bond acceptors (Lipinski definition) is 2. The van der Waals surface area contributed by atoms with Gasteiger partial charge in [0.2, 0.25) is 0 Å². The zero-order valence-corrected chi connectivity index (χ0v) is 15.7. The maximum absolute atomic E-state index is 4.53. The molecule has 0 bridgehead atoms. The van der Waals surface area contributed by atoms with Gasteiger partial charge < -0.3 is 0 Å². The lowest BCUT2D eigenvalue weighted by molar-refractivity contribution is 0.142. The Bertz CT molecular complexity index is 453. The van der Waals surface area contributed by atoms with Crippen molar-refractivity contribution in [3.8, 4) is 0 Å². The molecule has 3 atom stereocenters. The van der Waals surface area contributed by atoms with Crippen molar-refractivity contribution in [2.24, 2.45) is 23.2 Å². The van der Waals surface area contributed by atoms with E-state index in [4.69, 9.17) is 0 Å². The molecule has 0 radical (unpaired) electrons. The van der Waals surface area contributed by atoms with Gasteiger partial charge in [0.05, 0.1) is 0 Å². The molecule has 1 aromatic heterocycles. The summed E-state index contributed by atoms with van der Waals surface area (Å²) < 4.78 is 2.10. The van der Waals surface area contributed by atoms with E-state index in [1.807, 2.05) is 0 Å². The first-order chi connectivity index (χ1) is 9.79. The van der Waals surface area contributed by atoms with Crippen LogP contribution in [-0.4, -0.2) is 19.6 Å². The topological polar surface area (TPSA) is 30.7 Å². The van der Waals surface area contributed by atoms with Gasteiger partial charge in [-0.2, -0.15) is 5.10 Å². The van der Waals surface area contributed by atoms with Gasteiger partial charge in [0.15, 0.2) is 0 Å². The van der Waals surface area contributed by atoms with E-state index < -0.39 is 0 Å². The molecule has 3 unspecified atom stereocenters. The van der Waals surface area contributed by atoms with Crippen LogP contribution in [0.5, 0.6) is 0 Å². The van der Waals surface area contributed by atoms with E-state index in [2.05, 4.69) is 65.3 Å². The Morgan fingerprint density at radius 2 is 2.10 bits per heavy atom. The molecular weight excluding hydrogens is 326 g/mol. The highest BCUT2D eigenvalue weighted by atomic mass is 79.9. The first kappa shape index (κ1) is 17.0. The number of aromatic nitrogens is 3. The standard InChI is InChI=1S/C17H30BrN3/c1-12(2)10-21-16(19-11-20-21)9-17(4,5)14-7-6-13(3)8-15(14)18/h11-15H,6-10H2,1-5H3. The Kier molecular flexibility index (Phi) is 5.50. The maximum Gasteiger partial charge on any atom is 0.138 e. The van der Waals surface area contributed by atoms with Crippen LogP contribution in [0.1, 0.15) is 59.7 Å². The van der Waals surface area contributed by atoms with Crippen LogP contribution in [-0.2, 0) is 13.0 Å². The molecule has 1 aliphatic rings. The van der Waals surface area contributed by atoms with Gasteiger partial charge in [-0.1, -0.05) is 57.0 Å². The summed E-state index contributed by atoms with van der Waals surface area (Å²) in [5.41, 5.74) is 0.260. The van der Waals surface area contributed by atoms with E-state index in [-0.39, 0.29) is 5.41 Å². The van der Waals surface area contributed by atoms with Crippen LogP contribution >= 0.6 is 15.9 Å². The van der Waals surface area contributed by atoms with Crippen molar-refractivity contribution < 1.29 is 0 Å². The summed E-state index contributed by atoms with van der Waals surface area (Å²) in [6, 6.07) is 0. The molecule has 1 aliphatic carbocycles. The summed E-state index contributed by atoms with van der Waals surface area (Å²) in [5.74, 6) is 3.32. The van der Waals surface area contributed by atoms with Crippen molar-refractivity contribution in [2.45, 2.75) is 71.7 Å². The van der Waals surface area contributed by atoms with Crippen molar-refractivity contribution in [3.63, 3.8) is 0 Å². The van der Waals surface area contributed by atoms with Crippen LogP contribution in [0, 0.1) is 23.2 Å². The van der Waals surface area contributed by atoms with Gasteiger partial charge in [-0.3, -0.25) is 0 Å². The molecule has 21 heavy (non-hydrogen) atoms. The second kappa shape index (κ2) is 6.80.